The van der Waals surface area contributed by atoms with E-state index in [4.69, 9.17) is 4.74 Å². The van der Waals surface area contributed by atoms with Gasteiger partial charge in [-0.25, -0.2) is 13.3 Å². The van der Waals surface area contributed by atoms with Gasteiger partial charge in [0.15, 0.2) is 0 Å². The number of methoxy groups -OCH3 is 1. The van der Waals surface area contributed by atoms with Crippen molar-refractivity contribution in [1.82, 2.24) is 0 Å². The SMILES string of the molecule is COc1ccc(S(=O)(=O)Nc2ccc(C)c(N3CCCC3=O)c2)cc1N1C(=O)CCC1=O. The fraction of sp³-hybridized carbons (Fsp3) is 0.318. The Balaban J connectivity index is 1.67. The van der Waals surface area contributed by atoms with Crippen LogP contribution in [0.25, 0.3) is 0 Å². The molecule has 0 spiro atoms. The number of sulfonamides is 1. The van der Waals surface area contributed by atoms with Crippen molar-refractivity contribution >= 4 is 44.8 Å². The first-order valence-electron chi connectivity index (χ1n) is 10.2. The Morgan fingerprint density at radius 2 is 1.62 bits per heavy atom. The second kappa shape index (κ2) is 8.27. The molecule has 2 aromatic carbocycles. The van der Waals surface area contributed by atoms with E-state index in [0.717, 1.165) is 16.9 Å². The summed E-state index contributed by atoms with van der Waals surface area (Å²) in [5.74, 6) is -0.589. The topological polar surface area (TPSA) is 113 Å². The van der Waals surface area contributed by atoms with Crippen molar-refractivity contribution in [3.63, 3.8) is 0 Å². The van der Waals surface area contributed by atoms with Crippen LogP contribution in [-0.2, 0) is 24.4 Å². The molecule has 3 amide bonds. The quantitative estimate of drug-likeness (QED) is 0.667. The molecule has 0 aromatic heterocycles. The lowest BCUT2D eigenvalue weighted by Gasteiger charge is -2.20. The molecule has 2 aliphatic heterocycles. The predicted molar refractivity (Wildman–Crippen MR) is 118 cm³/mol. The molecule has 2 saturated heterocycles. The van der Waals surface area contributed by atoms with Gasteiger partial charge in [-0.2, -0.15) is 0 Å². The Hall–Kier alpha value is -3.40. The molecule has 0 aliphatic carbocycles. The predicted octanol–water partition coefficient (Wildman–Crippen LogP) is 2.58. The van der Waals surface area contributed by atoms with E-state index >= 15 is 0 Å². The molecule has 0 unspecified atom stereocenters. The van der Waals surface area contributed by atoms with E-state index in [2.05, 4.69) is 4.72 Å². The highest BCUT2D eigenvalue weighted by molar-refractivity contribution is 7.92. The molecule has 10 heteroatoms. The van der Waals surface area contributed by atoms with E-state index in [0.29, 0.717) is 24.3 Å². The van der Waals surface area contributed by atoms with Gasteiger partial charge in [0.25, 0.3) is 10.0 Å². The van der Waals surface area contributed by atoms with Crippen molar-refractivity contribution in [3.8, 4) is 5.75 Å². The lowest BCUT2D eigenvalue weighted by atomic mass is 10.1. The van der Waals surface area contributed by atoms with Crippen LogP contribution in [0.2, 0.25) is 0 Å². The van der Waals surface area contributed by atoms with E-state index in [1.54, 1.807) is 23.1 Å². The number of rotatable bonds is 6. The number of amides is 3. The van der Waals surface area contributed by atoms with Crippen molar-refractivity contribution in [2.75, 3.05) is 28.2 Å². The zero-order valence-electron chi connectivity index (χ0n) is 17.8. The van der Waals surface area contributed by atoms with Gasteiger partial charge < -0.3 is 9.64 Å². The Kier molecular flexibility index (Phi) is 5.64. The highest BCUT2D eigenvalue weighted by atomic mass is 32.2. The van der Waals surface area contributed by atoms with Gasteiger partial charge in [-0.1, -0.05) is 6.07 Å². The van der Waals surface area contributed by atoms with Crippen LogP contribution < -0.4 is 19.3 Å². The minimum atomic E-state index is -4.05. The van der Waals surface area contributed by atoms with Gasteiger partial charge in [0, 0.05) is 31.5 Å². The molecule has 0 atom stereocenters. The number of aryl methyl sites for hydroxylation is 1. The monoisotopic (exact) mass is 457 g/mol. The molecule has 9 nitrogen and oxygen atoms in total. The number of nitrogens with one attached hydrogen (secondary N) is 1. The number of ether oxygens (including phenoxy) is 1. The van der Waals surface area contributed by atoms with Crippen LogP contribution in [0.5, 0.6) is 5.75 Å². The molecule has 2 aromatic rings. The first-order valence-corrected chi connectivity index (χ1v) is 11.7. The molecule has 0 radical (unpaired) electrons. The molecular weight excluding hydrogens is 434 g/mol. The molecule has 2 aliphatic rings. The van der Waals surface area contributed by atoms with E-state index in [1.165, 1.54) is 25.3 Å². The molecule has 2 heterocycles. The highest BCUT2D eigenvalue weighted by Gasteiger charge is 2.33. The van der Waals surface area contributed by atoms with Crippen molar-refractivity contribution in [1.29, 1.82) is 0 Å². The summed E-state index contributed by atoms with van der Waals surface area (Å²) in [6.07, 6.45) is 1.37. The van der Waals surface area contributed by atoms with Crippen LogP contribution >= 0.6 is 0 Å². The van der Waals surface area contributed by atoms with Gasteiger partial charge in [-0.05, 0) is 49.2 Å². The first-order chi connectivity index (χ1) is 15.2. The van der Waals surface area contributed by atoms with Crippen LogP contribution in [0.1, 0.15) is 31.2 Å². The Morgan fingerprint density at radius 1 is 0.906 bits per heavy atom. The van der Waals surface area contributed by atoms with Gasteiger partial charge >= 0.3 is 0 Å². The van der Waals surface area contributed by atoms with E-state index in [1.807, 2.05) is 6.92 Å². The number of benzene rings is 2. The number of hydrogen-bond acceptors (Lipinski definition) is 6. The molecule has 168 valence electrons. The summed E-state index contributed by atoms with van der Waals surface area (Å²) in [7, 11) is -2.67. The fourth-order valence-corrected chi connectivity index (χ4v) is 5.01. The standard InChI is InChI=1S/C22H23N3O6S/c1-14-5-6-15(12-17(14)24-11-3-4-20(24)26)23-32(29,30)16-7-8-19(31-2)18(13-16)25-21(27)9-10-22(25)28/h5-8,12-13,23H,3-4,9-11H2,1-2H3. The summed E-state index contributed by atoms with van der Waals surface area (Å²) in [4.78, 5) is 39.0. The van der Waals surface area contributed by atoms with Crippen molar-refractivity contribution in [2.45, 2.75) is 37.5 Å². The van der Waals surface area contributed by atoms with E-state index in [-0.39, 0.29) is 35.1 Å². The molecule has 0 saturated carbocycles. The second-order valence-corrected chi connectivity index (χ2v) is 9.39. The first kappa shape index (κ1) is 21.8. The largest absolute Gasteiger partial charge is 0.495 e. The Bertz CT molecular complexity index is 1210. The summed E-state index contributed by atoms with van der Waals surface area (Å²) < 4.78 is 33.9. The number of imide groups is 1. The molecule has 32 heavy (non-hydrogen) atoms. The number of nitrogens with zero attached hydrogens (tertiary/aromatic N) is 2. The summed E-state index contributed by atoms with van der Waals surface area (Å²) in [5, 5.41) is 0. The van der Waals surface area contributed by atoms with Gasteiger partial charge in [-0.15, -0.1) is 0 Å². The smallest absolute Gasteiger partial charge is 0.261 e. The van der Waals surface area contributed by atoms with Crippen LogP contribution in [0.3, 0.4) is 0 Å². The lowest BCUT2D eigenvalue weighted by Crippen LogP contribution is -2.29. The van der Waals surface area contributed by atoms with Crippen molar-refractivity contribution in [3.05, 3.63) is 42.0 Å². The third-order valence-corrected chi connectivity index (χ3v) is 6.96. The number of carbonyl (C=O) groups excluding carboxylic acids is 3. The Morgan fingerprint density at radius 3 is 2.25 bits per heavy atom. The number of anilines is 3. The maximum atomic E-state index is 13.1. The lowest BCUT2D eigenvalue weighted by molar-refractivity contribution is -0.121. The van der Waals surface area contributed by atoms with Crippen molar-refractivity contribution in [2.24, 2.45) is 0 Å². The maximum absolute atomic E-state index is 13.1. The van der Waals surface area contributed by atoms with Crippen LogP contribution in [0.15, 0.2) is 41.3 Å². The normalized spacial score (nSPS) is 16.8. The zero-order chi connectivity index (χ0) is 23.0. The van der Waals surface area contributed by atoms with Gasteiger partial charge in [0.2, 0.25) is 17.7 Å². The zero-order valence-corrected chi connectivity index (χ0v) is 18.6. The second-order valence-electron chi connectivity index (χ2n) is 7.71. The summed E-state index contributed by atoms with van der Waals surface area (Å²) in [5.41, 5.74) is 1.92. The van der Waals surface area contributed by atoms with Crippen LogP contribution in [0, 0.1) is 6.92 Å². The van der Waals surface area contributed by atoms with Gasteiger partial charge in [0.1, 0.15) is 5.75 Å². The van der Waals surface area contributed by atoms with E-state index < -0.39 is 21.8 Å². The van der Waals surface area contributed by atoms with Crippen molar-refractivity contribution < 1.29 is 27.5 Å². The highest BCUT2D eigenvalue weighted by Crippen LogP contribution is 2.35. The molecule has 4 rings (SSSR count). The fourth-order valence-electron chi connectivity index (χ4n) is 3.94. The average Bonchev–Trinajstić information content (AvgIpc) is 3.33. The van der Waals surface area contributed by atoms with Crippen LogP contribution in [0.4, 0.5) is 17.1 Å². The third-order valence-electron chi connectivity index (χ3n) is 5.58. The van der Waals surface area contributed by atoms with Gasteiger partial charge in [-0.3, -0.25) is 19.1 Å². The van der Waals surface area contributed by atoms with E-state index in [9.17, 15) is 22.8 Å². The Labute approximate surface area is 186 Å². The maximum Gasteiger partial charge on any atom is 0.261 e. The minimum Gasteiger partial charge on any atom is -0.495 e. The summed E-state index contributed by atoms with van der Waals surface area (Å²) >= 11 is 0. The third kappa shape index (κ3) is 3.93. The number of carbonyl (C=O) groups is 3. The molecular formula is C22H23N3O6S. The molecule has 2 fully saturated rings. The number of hydrogen-bond donors (Lipinski definition) is 1. The molecule has 1 N–H and O–H groups in total. The average molecular weight is 458 g/mol. The molecule has 0 bridgehead atoms. The van der Waals surface area contributed by atoms with Crippen LogP contribution in [-0.4, -0.2) is 39.8 Å². The summed E-state index contributed by atoms with van der Waals surface area (Å²) in [6.45, 7) is 2.45. The van der Waals surface area contributed by atoms with Gasteiger partial charge in [0.05, 0.1) is 23.4 Å². The summed E-state index contributed by atoms with van der Waals surface area (Å²) in [6, 6.07) is 9.01. The minimum absolute atomic E-state index is 0.00727.